The maximum Gasteiger partial charge on any atom is 0.303 e. The lowest BCUT2D eigenvalue weighted by Crippen LogP contribution is -2.42. The first-order valence-corrected chi connectivity index (χ1v) is 12.9. The summed E-state index contributed by atoms with van der Waals surface area (Å²) < 4.78 is 10.2. The summed E-state index contributed by atoms with van der Waals surface area (Å²) in [7, 11) is 2.78. The average molecular weight is 569 g/mol. The van der Waals surface area contributed by atoms with Gasteiger partial charge in [0, 0.05) is 42.7 Å². The van der Waals surface area contributed by atoms with Crippen molar-refractivity contribution in [1.82, 2.24) is 15.2 Å². The molecule has 0 fully saturated rings. The van der Waals surface area contributed by atoms with Gasteiger partial charge in [0.1, 0.15) is 11.4 Å². The maximum atomic E-state index is 12.7. The fraction of sp³-hybridized carbons (Fsp3) is 0.480. The second-order valence-corrected chi connectivity index (χ2v) is 9.54. The number of aliphatic carboxylic acids is 2. The Kier molecular flexibility index (Phi) is 13.7. The molecule has 2 aromatic rings. The third-order valence-electron chi connectivity index (χ3n) is 5.24. The number of methoxy groups -OCH3 is 2. The summed E-state index contributed by atoms with van der Waals surface area (Å²) in [5.74, 6) is -2.77. The molecule has 0 saturated heterocycles. The number of nitrogens with zero attached hydrogens (tertiary/aromatic N) is 2. The Morgan fingerprint density at radius 1 is 0.949 bits per heavy atom. The van der Waals surface area contributed by atoms with Gasteiger partial charge in [-0.15, -0.1) is 11.3 Å². The van der Waals surface area contributed by atoms with Gasteiger partial charge in [0.05, 0.1) is 32.6 Å². The van der Waals surface area contributed by atoms with Gasteiger partial charge in [-0.2, -0.15) is 0 Å². The number of phenols is 1. The number of anilines is 1. The lowest BCUT2D eigenvalue weighted by Gasteiger charge is -2.30. The van der Waals surface area contributed by atoms with Crippen molar-refractivity contribution in [2.24, 2.45) is 0 Å². The molecule has 0 saturated carbocycles. The van der Waals surface area contributed by atoms with E-state index < -0.39 is 17.8 Å². The Hall–Kier alpha value is -3.91. The maximum absolute atomic E-state index is 12.7. The summed E-state index contributed by atoms with van der Waals surface area (Å²) in [6.45, 7) is 9.72. The summed E-state index contributed by atoms with van der Waals surface area (Å²) in [5.41, 5.74) is 0.400. The molecular weight excluding hydrogens is 532 g/mol. The van der Waals surface area contributed by atoms with Gasteiger partial charge in [0.25, 0.3) is 11.8 Å². The topological polar surface area (TPSA) is 188 Å². The molecule has 0 aliphatic rings. The molecule has 1 heterocycles. The van der Waals surface area contributed by atoms with Gasteiger partial charge < -0.3 is 30.1 Å². The van der Waals surface area contributed by atoms with Crippen LogP contribution in [-0.2, 0) is 9.59 Å². The Labute approximate surface area is 230 Å². The molecule has 0 aliphatic carbocycles. The zero-order valence-electron chi connectivity index (χ0n) is 22.8. The van der Waals surface area contributed by atoms with Gasteiger partial charge in [0.2, 0.25) is 0 Å². The first kappa shape index (κ1) is 33.1. The fourth-order valence-corrected chi connectivity index (χ4v) is 4.06. The molecule has 0 unspecified atom stereocenters. The van der Waals surface area contributed by atoms with Crippen molar-refractivity contribution < 1.29 is 44.0 Å². The summed E-state index contributed by atoms with van der Waals surface area (Å²) in [6, 6.07) is 3.44. The highest BCUT2D eigenvalue weighted by Crippen LogP contribution is 2.34. The molecule has 0 radical (unpaired) electrons. The third kappa shape index (κ3) is 11.2. The minimum Gasteiger partial charge on any atom is -0.504 e. The van der Waals surface area contributed by atoms with Crippen molar-refractivity contribution in [2.45, 2.75) is 52.6 Å². The van der Waals surface area contributed by atoms with Gasteiger partial charge in [-0.25, -0.2) is 4.98 Å². The number of carbonyl (C=O) groups is 4. The summed E-state index contributed by atoms with van der Waals surface area (Å²) >= 11 is 1.14. The Morgan fingerprint density at radius 2 is 1.51 bits per heavy atom. The van der Waals surface area contributed by atoms with Crippen LogP contribution in [0.15, 0.2) is 17.5 Å². The lowest BCUT2D eigenvalue weighted by molar-refractivity contribution is -0.143. The second kappa shape index (κ2) is 16.1. The fourth-order valence-electron chi connectivity index (χ4n) is 3.37. The highest BCUT2D eigenvalue weighted by Gasteiger charge is 2.19. The number of benzene rings is 1. The zero-order chi connectivity index (χ0) is 29.7. The van der Waals surface area contributed by atoms with Crippen molar-refractivity contribution in [2.75, 3.05) is 32.6 Å². The normalized spacial score (nSPS) is 10.6. The molecule has 13 nitrogen and oxygen atoms in total. The van der Waals surface area contributed by atoms with Gasteiger partial charge in [-0.3, -0.25) is 29.4 Å². The number of phenolic OH excluding ortho intramolecular Hbond substituents is 1. The molecule has 2 rings (SSSR count). The van der Waals surface area contributed by atoms with Crippen LogP contribution in [0.4, 0.5) is 5.13 Å². The number of carbonyl (C=O) groups excluding carboxylic acids is 2. The van der Waals surface area contributed by atoms with Crippen LogP contribution >= 0.6 is 11.3 Å². The standard InChI is InChI=1S/C21H30N4O5S.C4H6O4/c1-12(2)25(13(3)4)8-7-22-20(28)15-11-31-21(23-15)24-19(27)14-9-18(30-6)16(26)10-17(14)29-5;5-3(6)1-2-4(7)8/h9-13,26H,7-8H2,1-6H3,(H,22,28)(H,23,24,27);1-2H2,(H,5,6)(H,7,8). The van der Waals surface area contributed by atoms with Gasteiger partial charge in [-0.1, -0.05) is 0 Å². The minimum absolute atomic E-state index is 0.141. The molecular formula is C25H36N4O9S. The van der Waals surface area contributed by atoms with Gasteiger partial charge in [0.15, 0.2) is 16.6 Å². The Morgan fingerprint density at radius 3 is 2.00 bits per heavy atom. The van der Waals surface area contributed by atoms with E-state index in [0.29, 0.717) is 18.6 Å². The number of amides is 2. The van der Waals surface area contributed by atoms with Crippen molar-refractivity contribution in [3.8, 4) is 17.2 Å². The number of thiazole rings is 1. The number of ether oxygens (including phenoxy) is 2. The average Bonchev–Trinajstić information content (AvgIpc) is 3.33. The van der Waals surface area contributed by atoms with E-state index in [9.17, 15) is 24.3 Å². The number of carboxylic acid groups (broad SMARTS) is 2. The number of carboxylic acids is 2. The molecule has 216 valence electrons. The van der Waals surface area contributed by atoms with E-state index >= 15 is 0 Å². The van der Waals surface area contributed by atoms with Crippen molar-refractivity contribution in [3.63, 3.8) is 0 Å². The second-order valence-electron chi connectivity index (χ2n) is 8.69. The molecule has 0 atom stereocenters. The summed E-state index contributed by atoms with van der Waals surface area (Å²) in [5, 5.41) is 33.0. The molecule has 1 aromatic carbocycles. The van der Waals surface area contributed by atoms with Crippen molar-refractivity contribution >= 4 is 40.2 Å². The number of nitrogens with one attached hydrogen (secondary N) is 2. The van der Waals surface area contributed by atoms with Crippen LogP contribution in [0.2, 0.25) is 0 Å². The van der Waals surface area contributed by atoms with Crippen molar-refractivity contribution in [3.05, 3.63) is 28.8 Å². The molecule has 14 heteroatoms. The van der Waals surface area contributed by atoms with E-state index in [0.717, 1.165) is 17.9 Å². The largest absolute Gasteiger partial charge is 0.504 e. The van der Waals surface area contributed by atoms with Gasteiger partial charge in [-0.05, 0) is 27.7 Å². The molecule has 2 amide bonds. The predicted octanol–water partition coefficient (Wildman–Crippen LogP) is 2.90. The third-order valence-corrected chi connectivity index (χ3v) is 6.00. The number of rotatable bonds is 13. The van der Waals surface area contributed by atoms with Crippen LogP contribution in [0.1, 0.15) is 61.4 Å². The number of aromatic hydroxyl groups is 1. The van der Waals surface area contributed by atoms with Crippen LogP contribution in [0.25, 0.3) is 0 Å². The van der Waals surface area contributed by atoms with Crippen LogP contribution in [0, 0.1) is 0 Å². The van der Waals surface area contributed by atoms with E-state index in [2.05, 4.69) is 48.2 Å². The van der Waals surface area contributed by atoms with E-state index in [1.165, 1.54) is 26.4 Å². The quantitative estimate of drug-likeness (QED) is 0.239. The number of aromatic nitrogens is 1. The van der Waals surface area contributed by atoms with E-state index in [4.69, 9.17) is 19.7 Å². The molecule has 39 heavy (non-hydrogen) atoms. The highest BCUT2D eigenvalue weighted by atomic mass is 32.1. The number of hydrogen-bond donors (Lipinski definition) is 5. The zero-order valence-corrected chi connectivity index (χ0v) is 23.6. The first-order valence-electron chi connectivity index (χ1n) is 12.0. The monoisotopic (exact) mass is 568 g/mol. The van der Waals surface area contributed by atoms with Crippen LogP contribution in [0.3, 0.4) is 0 Å². The SMILES string of the molecule is COc1cc(C(=O)Nc2nc(C(=O)NCCN(C(C)C)C(C)C)cs2)c(OC)cc1O.O=C(O)CCC(=O)O. The summed E-state index contributed by atoms with van der Waals surface area (Å²) in [4.78, 5) is 50.8. The van der Waals surface area contributed by atoms with Crippen LogP contribution in [-0.4, -0.2) is 88.3 Å². The van der Waals surface area contributed by atoms with E-state index in [-0.39, 0.29) is 52.4 Å². The lowest BCUT2D eigenvalue weighted by atomic mass is 10.1. The van der Waals surface area contributed by atoms with Crippen LogP contribution in [0.5, 0.6) is 17.2 Å². The molecule has 0 bridgehead atoms. The Balaban J connectivity index is 0.000000824. The molecule has 0 spiro atoms. The molecule has 0 aliphatic heterocycles. The molecule has 1 aromatic heterocycles. The predicted molar refractivity (Wildman–Crippen MR) is 145 cm³/mol. The number of hydrogen-bond acceptors (Lipinski definition) is 10. The van der Waals surface area contributed by atoms with Crippen LogP contribution < -0.4 is 20.1 Å². The van der Waals surface area contributed by atoms with Crippen molar-refractivity contribution in [1.29, 1.82) is 0 Å². The summed E-state index contributed by atoms with van der Waals surface area (Å²) in [6.07, 6.45) is -0.593. The minimum atomic E-state index is -1.08. The Bertz CT molecular complexity index is 1110. The first-order chi connectivity index (χ1) is 18.3. The van der Waals surface area contributed by atoms with E-state index in [1.807, 2.05) is 0 Å². The van der Waals surface area contributed by atoms with Gasteiger partial charge >= 0.3 is 11.9 Å². The van der Waals surface area contributed by atoms with E-state index in [1.54, 1.807) is 5.38 Å². The molecule has 5 N–H and O–H groups in total. The smallest absolute Gasteiger partial charge is 0.303 e. The highest BCUT2D eigenvalue weighted by molar-refractivity contribution is 7.14.